The van der Waals surface area contributed by atoms with Crippen LogP contribution in [0.5, 0.6) is 0 Å². The Morgan fingerprint density at radius 3 is 2.02 bits per heavy atom. The Hall–Kier alpha value is -2.85. The highest BCUT2D eigenvalue weighted by Gasteiger charge is 2.39. The third-order valence-electron chi connectivity index (χ3n) is 10.2. The molecule has 0 unspecified atom stereocenters. The number of nitrogens with one attached hydrogen (secondary N) is 3. The lowest BCUT2D eigenvalue weighted by atomic mass is 9.75. The first-order chi connectivity index (χ1) is 21.7. The van der Waals surface area contributed by atoms with Crippen molar-refractivity contribution in [3.63, 3.8) is 0 Å². The number of likely N-dealkylation sites (tertiary alicyclic amines) is 1. The van der Waals surface area contributed by atoms with Crippen LogP contribution in [-0.4, -0.2) is 70.8 Å². The van der Waals surface area contributed by atoms with Crippen molar-refractivity contribution in [1.29, 1.82) is 0 Å². The van der Waals surface area contributed by atoms with Crippen LogP contribution in [0.3, 0.4) is 0 Å². The number of nitrogens with zero attached hydrogens (tertiary/aromatic N) is 1. The van der Waals surface area contributed by atoms with Crippen molar-refractivity contribution < 1.29 is 29.1 Å². The highest BCUT2D eigenvalue weighted by Crippen LogP contribution is 2.46. The van der Waals surface area contributed by atoms with Gasteiger partial charge in [-0.3, -0.25) is 24.0 Å². The van der Waals surface area contributed by atoms with Crippen LogP contribution in [-0.2, 0) is 19.2 Å². The van der Waals surface area contributed by atoms with Gasteiger partial charge in [-0.1, -0.05) is 49.9 Å². The van der Waals surface area contributed by atoms with Gasteiger partial charge in [0.2, 0.25) is 17.7 Å². The zero-order valence-electron chi connectivity index (χ0n) is 27.0. The summed E-state index contributed by atoms with van der Waals surface area (Å²) < 4.78 is 0. The summed E-state index contributed by atoms with van der Waals surface area (Å²) in [5, 5.41) is 18.3. The molecule has 2 atom stereocenters. The maximum Gasteiger partial charge on any atom is 0.303 e. The van der Waals surface area contributed by atoms with E-state index in [1.165, 1.54) is 43.9 Å². The van der Waals surface area contributed by atoms with E-state index in [1.54, 1.807) is 4.90 Å². The van der Waals surface area contributed by atoms with E-state index in [-0.39, 0.29) is 58.7 Å². The molecule has 1 heterocycles. The highest BCUT2D eigenvalue weighted by molar-refractivity contribution is 6.35. The summed E-state index contributed by atoms with van der Waals surface area (Å²) in [5.74, 6) is -2.78. The summed E-state index contributed by atoms with van der Waals surface area (Å²) in [5.41, 5.74) is 0.707. The van der Waals surface area contributed by atoms with E-state index in [0.29, 0.717) is 18.5 Å². The summed E-state index contributed by atoms with van der Waals surface area (Å²) in [6, 6.07) is 2.37. The molecule has 0 aromatic heterocycles. The minimum absolute atomic E-state index is 0.00265. The third kappa shape index (κ3) is 10.3. The second kappa shape index (κ2) is 15.8. The number of aliphatic carboxylic acids is 1. The fraction of sp³-hybridized carbons (Fsp3) is 0.676. The average molecular weight is 680 g/mol. The molecule has 12 heteroatoms. The Labute approximate surface area is 281 Å². The van der Waals surface area contributed by atoms with Crippen molar-refractivity contribution in [2.24, 2.45) is 10.8 Å². The third-order valence-corrected chi connectivity index (χ3v) is 10.6. The Bertz CT molecular complexity index is 1260. The van der Waals surface area contributed by atoms with Crippen molar-refractivity contribution >= 4 is 52.8 Å². The summed E-state index contributed by atoms with van der Waals surface area (Å²) in [6.45, 7) is 5.58. The Morgan fingerprint density at radius 2 is 1.43 bits per heavy atom. The molecule has 10 nitrogen and oxygen atoms in total. The number of benzene rings is 1. The Balaban J connectivity index is 1.41. The van der Waals surface area contributed by atoms with Gasteiger partial charge in [0.25, 0.3) is 5.91 Å². The van der Waals surface area contributed by atoms with Crippen molar-refractivity contribution in [2.45, 2.75) is 122 Å². The SMILES string of the molecule is CC1(C)CCC(NC(=O)[C@@H](CCC(=O)O)NC(=O)CC[C@@H](NC(=O)c2cc(Cl)cc(Cl)c2)C(=O)N2CCC3(CCCC3)CC2)CC1. The first-order valence-electron chi connectivity index (χ1n) is 16.6. The van der Waals surface area contributed by atoms with E-state index >= 15 is 0 Å². The van der Waals surface area contributed by atoms with E-state index in [9.17, 15) is 29.1 Å². The van der Waals surface area contributed by atoms with E-state index in [2.05, 4.69) is 29.8 Å². The van der Waals surface area contributed by atoms with Gasteiger partial charge in [-0.25, -0.2) is 0 Å². The molecule has 4 amide bonds. The number of carbonyl (C=O) groups is 5. The molecule has 46 heavy (non-hydrogen) atoms. The number of halogens is 2. The zero-order chi connectivity index (χ0) is 33.5. The van der Waals surface area contributed by atoms with E-state index in [1.807, 2.05) is 0 Å². The lowest BCUT2D eigenvalue weighted by Gasteiger charge is -2.40. The summed E-state index contributed by atoms with van der Waals surface area (Å²) >= 11 is 12.2. The number of carboxylic acids is 1. The molecule has 0 bridgehead atoms. The smallest absolute Gasteiger partial charge is 0.303 e. The number of carbonyl (C=O) groups excluding carboxylic acids is 4. The number of hydrogen-bond acceptors (Lipinski definition) is 5. The molecule has 1 spiro atoms. The lowest BCUT2D eigenvalue weighted by molar-refractivity contribution is -0.138. The van der Waals surface area contributed by atoms with E-state index < -0.39 is 35.8 Å². The monoisotopic (exact) mass is 678 g/mol. The van der Waals surface area contributed by atoms with Crippen LogP contribution in [0.2, 0.25) is 10.0 Å². The van der Waals surface area contributed by atoms with Crippen LogP contribution < -0.4 is 16.0 Å². The number of carboxylic acid groups (broad SMARTS) is 1. The predicted molar refractivity (Wildman–Crippen MR) is 177 cm³/mol. The highest BCUT2D eigenvalue weighted by atomic mass is 35.5. The lowest BCUT2D eigenvalue weighted by Crippen LogP contribution is -2.53. The summed E-state index contributed by atoms with van der Waals surface area (Å²) in [4.78, 5) is 66.5. The van der Waals surface area contributed by atoms with Gasteiger partial charge in [-0.15, -0.1) is 0 Å². The van der Waals surface area contributed by atoms with Gasteiger partial charge < -0.3 is 26.0 Å². The first-order valence-corrected chi connectivity index (χ1v) is 17.4. The van der Waals surface area contributed by atoms with Gasteiger partial charge in [0.05, 0.1) is 0 Å². The first kappa shape index (κ1) is 36.0. The average Bonchev–Trinajstić information content (AvgIpc) is 3.45. The standard InChI is InChI=1S/C34H48Cl2N4O6/c1-33(2)13-9-25(10-14-33)37-31(45)26(6-8-29(42)43)38-28(41)7-5-27(39-30(44)22-19-23(35)21-24(36)20-22)32(46)40-17-15-34(16-18-40)11-3-4-12-34/h19-21,25-27H,3-18H2,1-2H3,(H,37,45)(H,38,41)(H,39,44)(H,42,43)/t26-,27-/m1/s1. The van der Waals surface area contributed by atoms with Gasteiger partial charge in [0.15, 0.2) is 0 Å². The minimum Gasteiger partial charge on any atom is -0.481 e. The molecule has 1 aliphatic heterocycles. The largest absolute Gasteiger partial charge is 0.481 e. The van der Waals surface area contributed by atoms with Crippen LogP contribution in [0.15, 0.2) is 18.2 Å². The fourth-order valence-corrected chi connectivity index (χ4v) is 7.68. The van der Waals surface area contributed by atoms with Gasteiger partial charge in [-0.05, 0) is 93.2 Å². The molecule has 1 saturated heterocycles. The molecule has 3 fully saturated rings. The maximum absolute atomic E-state index is 13.8. The fourth-order valence-electron chi connectivity index (χ4n) is 7.15. The summed E-state index contributed by atoms with van der Waals surface area (Å²) in [6.07, 6.45) is 9.69. The number of rotatable bonds is 12. The topological polar surface area (TPSA) is 145 Å². The molecule has 254 valence electrons. The van der Waals surface area contributed by atoms with Gasteiger partial charge >= 0.3 is 5.97 Å². The van der Waals surface area contributed by atoms with Crippen LogP contribution >= 0.6 is 23.2 Å². The van der Waals surface area contributed by atoms with Crippen molar-refractivity contribution in [3.8, 4) is 0 Å². The van der Waals surface area contributed by atoms with Gasteiger partial charge in [0.1, 0.15) is 12.1 Å². The van der Waals surface area contributed by atoms with Crippen LogP contribution in [0, 0.1) is 10.8 Å². The van der Waals surface area contributed by atoms with Crippen molar-refractivity contribution in [3.05, 3.63) is 33.8 Å². The predicted octanol–water partition coefficient (Wildman–Crippen LogP) is 5.49. The number of hydrogen-bond donors (Lipinski definition) is 4. The Morgan fingerprint density at radius 1 is 0.848 bits per heavy atom. The van der Waals surface area contributed by atoms with Crippen LogP contribution in [0.1, 0.15) is 114 Å². The molecule has 4 rings (SSSR count). The normalized spacial score (nSPS) is 20.5. The van der Waals surface area contributed by atoms with Crippen molar-refractivity contribution in [2.75, 3.05) is 13.1 Å². The molecular formula is C34H48Cl2N4O6. The van der Waals surface area contributed by atoms with Crippen LogP contribution in [0.4, 0.5) is 0 Å². The van der Waals surface area contributed by atoms with Crippen molar-refractivity contribution in [1.82, 2.24) is 20.9 Å². The quantitative estimate of drug-likeness (QED) is 0.230. The number of piperidine rings is 1. The molecule has 2 saturated carbocycles. The summed E-state index contributed by atoms with van der Waals surface area (Å²) in [7, 11) is 0. The molecule has 4 N–H and O–H groups in total. The second-order valence-corrected chi connectivity index (χ2v) is 15.1. The molecule has 1 aromatic carbocycles. The van der Waals surface area contributed by atoms with Crippen LogP contribution in [0.25, 0.3) is 0 Å². The van der Waals surface area contributed by atoms with E-state index in [4.69, 9.17) is 23.2 Å². The maximum atomic E-state index is 13.8. The molecule has 3 aliphatic rings. The zero-order valence-corrected chi connectivity index (χ0v) is 28.5. The molecule has 1 aromatic rings. The minimum atomic E-state index is -1.07. The van der Waals surface area contributed by atoms with Gasteiger partial charge in [0, 0.05) is 47.6 Å². The van der Waals surface area contributed by atoms with Gasteiger partial charge in [-0.2, -0.15) is 0 Å². The van der Waals surface area contributed by atoms with E-state index in [0.717, 1.165) is 38.5 Å². The molecule has 2 aliphatic carbocycles. The molecular weight excluding hydrogens is 631 g/mol. The second-order valence-electron chi connectivity index (χ2n) is 14.3. The molecule has 0 radical (unpaired) electrons. The number of amides is 4. The Kier molecular flexibility index (Phi) is 12.4.